The van der Waals surface area contributed by atoms with Crippen molar-refractivity contribution >= 4 is 13.6 Å². The highest BCUT2D eigenvalue weighted by atomic mass is 31.2. The van der Waals surface area contributed by atoms with Gasteiger partial charge in [-0.2, -0.15) is 0 Å². The van der Waals surface area contributed by atoms with Gasteiger partial charge >= 0.3 is 13.6 Å². The quantitative estimate of drug-likeness (QED) is 0.501. The summed E-state index contributed by atoms with van der Waals surface area (Å²) in [5, 5.41) is 0. The third-order valence-electron chi connectivity index (χ3n) is 2.55. The molecule has 20 heavy (non-hydrogen) atoms. The fraction of sp³-hybridized carbons (Fsp3) is 0.923. The first-order valence-corrected chi connectivity index (χ1v) is 8.45. The second kappa shape index (κ2) is 7.55. The predicted octanol–water partition coefficient (Wildman–Crippen LogP) is 2.19. The summed E-state index contributed by atoms with van der Waals surface area (Å²) in [7, 11) is -4.05. The van der Waals surface area contributed by atoms with E-state index in [1.54, 1.807) is 20.8 Å². The van der Waals surface area contributed by atoms with Gasteiger partial charge in [0.05, 0.1) is 32.4 Å². The lowest BCUT2D eigenvalue weighted by atomic mass is 9.90. The number of ether oxygens (including phenoxy) is 2. The van der Waals surface area contributed by atoms with Gasteiger partial charge in [-0.3, -0.25) is 9.36 Å². The van der Waals surface area contributed by atoms with E-state index in [0.717, 1.165) is 0 Å². The average Bonchev–Trinajstić information content (AvgIpc) is 2.11. The second-order valence-electron chi connectivity index (χ2n) is 6.63. The average molecular weight is 310 g/mol. The van der Waals surface area contributed by atoms with Gasteiger partial charge in [-0.25, -0.2) is 0 Å². The second-order valence-corrected chi connectivity index (χ2v) is 8.27. The lowest BCUT2D eigenvalue weighted by molar-refractivity contribution is -0.146. The number of carbonyl (C=O) groups is 1. The number of esters is 1. The molecule has 2 N–H and O–H groups in total. The molecule has 0 aromatic heterocycles. The summed E-state index contributed by atoms with van der Waals surface area (Å²) >= 11 is 0. The zero-order chi connectivity index (χ0) is 16.0. The van der Waals surface area contributed by atoms with E-state index < -0.39 is 13.0 Å². The highest BCUT2D eigenvalue weighted by Gasteiger charge is 2.30. The van der Waals surface area contributed by atoms with Crippen LogP contribution in [0.2, 0.25) is 0 Å². The van der Waals surface area contributed by atoms with Crippen LogP contribution < -0.4 is 0 Å². The molecule has 120 valence electrons. The van der Waals surface area contributed by atoms with E-state index in [0.29, 0.717) is 13.2 Å². The molecule has 0 aliphatic heterocycles. The van der Waals surface area contributed by atoms with Crippen molar-refractivity contribution in [3.8, 4) is 0 Å². The Balaban J connectivity index is 4.21. The number of rotatable bonds is 9. The van der Waals surface area contributed by atoms with E-state index in [-0.39, 0.29) is 30.6 Å². The SMILES string of the molecule is CCOC(=O)CC(C)(C)COCC(C)(C)CP(=O)(O)O. The third-order valence-corrected chi connectivity index (χ3v) is 3.82. The van der Waals surface area contributed by atoms with Crippen molar-refractivity contribution in [2.24, 2.45) is 10.8 Å². The first-order chi connectivity index (χ1) is 8.87. The van der Waals surface area contributed by atoms with Crippen LogP contribution in [0.5, 0.6) is 0 Å². The maximum Gasteiger partial charge on any atom is 0.326 e. The topological polar surface area (TPSA) is 93.1 Å². The number of hydrogen-bond acceptors (Lipinski definition) is 4. The van der Waals surface area contributed by atoms with Crippen molar-refractivity contribution in [3.05, 3.63) is 0 Å². The molecule has 0 fully saturated rings. The number of hydrogen-bond donors (Lipinski definition) is 2. The predicted molar refractivity (Wildman–Crippen MR) is 76.5 cm³/mol. The van der Waals surface area contributed by atoms with Crippen molar-refractivity contribution in [2.45, 2.75) is 41.0 Å². The zero-order valence-corrected chi connectivity index (χ0v) is 13.9. The van der Waals surface area contributed by atoms with Crippen LogP contribution in [-0.4, -0.2) is 41.7 Å². The molecule has 0 radical (unpaired) electrons. The summed E-state index contributed by atoms with van der Waals surface area (Å²) in [4.78, 5) is 29.4. The lowest BCUT2D eigenvalue weighted by Crippen LogP contribution is -2.29. The Morgan fingerprint density at radius 1 is 1.10 bits per heavy atom. The van der Waals surface area contributed by atoms with Gasteiger partial charge in [0.25, 0.3) is 0 Å². The maximum atomic E-state index is 11.4. The van der Waals surface area contributed by atoms with Crippen molar-refractivity contribution < 1.29 is 28.6 Å². The summed E-state index contributed by atoms with van der Waals surface area (Å²) in [6.07, 6.45) is 0.0259. The molecular formula is C13H27O6P. The summed E-state index contributed by atoms with van der Waals surface area (Å²) in [6.45, 7) is 9.92. The minimum absolute atomic E-state index is 0.224. The molecule has 0 unspecified atom stereocenters. The van der Waals surface area contributed by atoms with E-state index in [4.69, 9.17) is 19.3 Å². The van der Waals surface area contributed by atoms with Crippen molar-refractivity contribution in [3.63, 3.8) is 0 Å². The molecule has 0 aromatic rings. The highest BCUT2D eigenvalue weighted by Crippen LogP contribution is 2.41. The van der Waals surface area contributed by atoms with Gasteiger partial charge in [-0.15, -0.1) is 0 Å². The van der Waals surface area contributed by atoms with Gasteiger partial charge in [0.2, 0.25) is 0 Å². The Morgan fingerprint density at radius 3 is 2.05 bits per heavy atom. The molecule has 0 aliphatic rings. The Bertz CT molecular complexity index is 358. The number of carbonyl (C=O) groups excluding carboxylic acids is 1. The van der Waals surface area contributed by atoms with E-state index in [1.165, 1.54) is 0 Å². The van der Waals surface area contributed by atoms with Crippen LogP contribution in [0.3, 0.4) is 0 Å². The minimum atomic E-state index is -4.05. The Hall–Kier alpha value is -0.420. The smallest absolute Gasteiger partial charge is 0.326 e. The van der Waals surface area contributed by atoms with Crippen LogP contribution in [0.4, 0.5) is 0 Å². The van der Waals surface area contributed by atoms with Crippen molar-refractivity contribution in [2.75, 3.05) is 26.0 Å². The molecule has 0 atom stereocenters. The van der Waals surface area contributed by atoms with Gasteiger partial charge in [-0.1, -0.05) is 27.7 Å². The fourth-order valence-corrected chi connectivity index (χ4v) is 3.07. The largest absolute Gasteiger partial charge is 0.466 e. The Morgan fingerprint density at radius 2 is 1.60 bits per heavy atom. The highest BCUT2D eigenvalue weighted by molar-refractivity contribution is 7.51. The Kier molecular flexibility index (Phi) is 7.39. The molecule has 0 rings (SSSR count). The first-order valence-electron chi connectivity index (χ1n) is 6.65. The minimum Gasteiger partial charge on any atom is -0.466 e. The van der Waals surface area contributed by atoms with Crippen LogP contribution >= 0.6 is 7.60 Å². The van der Waals surface area contributed by atoms with Gasteiger partial charge in [0.15, 0.2) is 0 Å². The van der Waals surface area contributed by atoms with Crippen LogP contribution in [0, 0.1) is 10.8 Å². The van der Waals surface area contributed by atoms with Crippen LogP contribution in [0.25, 0.3) is 0 Å². The van der Waals surface area contributed by atoms with Crippen molar-refractivity contribution in [1.29, 1.82) is 0 Å². The van der Waals surface area contributed by atoms with Gasteiger partial charge in [0.1, 0.15) is 0 Å². The first kappa shape index (κ1) is 19.6. The molecule has 6 nitrogen and oxygen atoms in total. The summed E-state index contributed by atoms with van der Waals surface area (Å²) < 4.78 is 21.4. The Labute approximate surface area is 121 Å². The fourth-order valence-electron chi connectivity index (χ4n) is 1.86. The van der Waals surface area contributed by atoms with Gasteiger partial charge in [0, 0.05) is 0 Å². The molecular weight excluding hydrogens is 283 g/mol. The van der Waals surface area contributed by atoms with Crippen LogP contribution in [-0.2, 0) is 18.8 Å². The van der Waals surface area contributed by atoms with Gasteiger partial charge < -0.3 is 19.3 Å². The molecule has 0 amide bonds. The molecule has 0 spiro atoms. The van der Waals surface area contributed by atoms with Crippen LogP contribution in [0.15, 0.2) is 0 Å². The van der Waals surface area contributed by atoms with E-state index >= 15 is 0 Å². The zero-order valence-electron chi connectivity index (χ0n) is 13.0. The molecule has 0 heterocycles. The summed E-state index contributed by atoms with van der Waals surface area (Å²) in [5.41, 5.74) is -0.983. The van der Waals surface area contributed by atoms with E-state index in [9.17, 15) is 9.36 Å². The maximum absolute atomic E-state index is 11.4. The monoisotopic (exact) mass is 310 g/mol. The third kappa shape index (κ3) is 10.4. The van der Waals surface area contributed by atoms with Crippen LogP contribution in [0.1, 0.15) is 41.0 Å². The summed E-state index contributed by atoms with van der Waals surface area (Å²) in [6, 6.07) is 0. The molecule has 0 aromatic carbocycles. The van der Waals surface area contributed by atoms with Crippen molar-refractivity contribution in [1.82, 2.24) is 0 Å². The molecule has 0 saturated heterocycles. The standard InChI is InChI=1S/C13H27O6P/c1-6-19-11(14)7-12(2,3)8-18-9-13(4,5)10-20(15,16)17/h6-10H2,1-5H3,(H2,15,16,17). The molecule has 7 heteroatoms. The van der Waals surface area contributed by atoms with E-state index in [1.807, 2.05) is 13.8 Å². The van der Waals surface area contributed by atoms with Gasteiger partial charge in [-0.05, 0) is 17.8 Å². The van der Waals surface area contributed by atoms with E-state index in [2.05, 4.69) is 0 Å². The molecule has 0 aliphatic carbocycles. The summed E-state index contributed by atoms with van der Waals surface area (Å²) in [5.74, 6) is -0.268. The molecule has 0 bridgehead atoms. The normalized spacial score (nSPS) is 13.3. The lowest BCUT2D eigenvalue weighted by Gasteiger charge is -2.28. The molecule has 0 saturated carbocycles.